The van der Waals surface area contributed by atoms with Crippen LogP contribution in [-0.4, -0.2) is 36.4 Å². The Morgan fingerprint density at radius 3 is 2.06 bits per heavy atom. The fourth-order valence-corrected chi connectivity index (χ4v) is 0.398. The monoisotopic (exact) mass is 228 g/mol. The Hall–Kier alpha value is -1.88. The zero-order valence-corrected chi connectivity index (χ0v) is 9.05. The predicted molar refractivity (Wildman–Crippen MR) is 60.0 cm³/mol. The smallest absolute Gasteiger partial charge is 0.330 e. The van der Waals surface area contributed by atoms with Gasteiger partial charge >= 0.3 is 11.9 Å². The predicted octanol–water partition coefficient (Wildman–Crippen LogP) is 1.17. The number of esters is 1. The van der Waals surface area contributed by atoms with Crippen molar-refractivity contribution in [2.24, 2.45) is 0 Å². The van der Waals surface area contributed by atoms with Crippen LogP contribution in [0.4, 0.5) is 0 Å². The van der Waals surface area contributed by atoms with Crippen LogP contribution in [0, 0.1) is 0 Å². The van der Waals surface area contributed by atoms with Crippen LogP contribution in [0.2, 0.25) is 0 Å². The van der Waals surface area contributed by atoms with Gasteiger partial charge in [0.15, 0.2) is 0 Å². The first-order chi connectivity index (χ1) is 7.60. The molecule has 1 aliphatic heterocycles. The molecule has 0 aromatic carbocycles. The van der Waals surface area contributed by atoms with Crippen molar-refractivity contribution in [1.82, 2.24) is 0 Å². The van der Waals surface area contributed by atoms with E-state index in [2.05, 4.69) is 31.1 Å². The lowest BCUT2D eigenvalue weighted by Gasteiger charge is -1.94. The van der Waals surface area contributed by atoms with E-state index in [1.807, 2.05) is 0 Å². The molecule has 1 rings (SSSR count). The zero-order chi connectivity index (χ0) is 13.0. The molecule has 5 heteroatoms. The molecule has 16 heavy (non-hydrogen) atoms. The Labute approximate surface area is 94.7 Å². The van der Waals surface area contributed by atoms with Gasteiger partial charge in [0, 0.05) is 12.2 Å². The molecule has 5 nitrogen and oxygen atoms in total. The number of carbonyl (C=O) groups is 2. The lowest BCUT2D eigenvalue weighted by atomic mass is 10.5. The molecule has 1 fully saturated rings. The zero-order valence-electron chi connectivity index (χ0n) is 9.05. The van der Waals surface area contributed by atoms with Gasteiger partial charge in [-0.1, -0.05) is 13.2 Å². The summed E-state index contributed by atoms with van der Waals surface area (Å²) in [5.74, 6) is -1.37. The molecule has 0 saturated carbocycles. The minimum absolute atomic E-state index is 0.147. The highest BCUT2D eigenvalue weighted by Gasteiger charge is 2.23. The Morgan fingerprint density at radius 2 is 1.81 bits per heavy atom. The van der Waals surface area contributed by atoms with Gasteiger partial charge in [0.05, 0.1) is 6.61 Å². The number of aliphatic carboxylic acids is 1. The maximum absolute atomic E-state index is 10.3. The normalized spacial score (nSPS) is 15.1. The molecule has 1 atom stereocenters. The molecule has 0 aromatic heterocycles. The maximum atomic E-state index is 10.3. The largest absolute Gasteiger partial charge is 0.478 e. The quantitative estimate of drug-likeness (QED) is 0.338. The fourth-order valence-electron chi connectivity index (χ4n) is 0.398. The number of hydrogen-bond acceptors (Lipinski definition) is 4. The number of rotatable bonds is 4. The second kappa shape index (κ2) is 11.2. The average Bonchev–Trinajstić information content (AvgIpc) is 3.13. The molecule has 1 heterocycles. The van der Waals surface area contributed by atoms with Crippen molar-refractivity contribution in [3.8, 4) is 0 Å². The lowest BCUT2D eigenvalue weighted by molar-refractivity contribution is -0.138. The van der Waals surface area contributed by atoms with Crippen molar-refractivity contribution < 1.29 is 24.2 Å². The van der Waals surface area contributed by atoms with Crippen LogP contribution < -0.4 is 0 Å². The molecular formula is C11H16O5. The van der Waals surface area contributed by atoms with Gasteiger partial charge in [0.25, 0.3) is 0 Å². The van der Waals surface area contributed by atoms with Gasteiger partial charge in [-0.3, -0.25) is 0 Å². The third-order valence-corrected chi connectivity index (χ3v) is 1.16. The third-order valence-electron chi connectivity index (χ3n) is 1.16. The fraction of sp³-hybridized carbons (Fsp3) is 0.273. The van der Waals surface area contributed by atoms with Crippen LogP contribution in [0.5, 0.6) is 0 Å². The average molecular weight is 228 g/mol. The molecule has 0 amide bonds. The van der Waals surface area contributed by atoms with Gasteiger partial charge in [-0.15, -0.1) is 13.2 Å². The number of carbonyl (C=O) groups excluding carboxylic acids is 1. The van der Waals surface area contributed by atoms with E-state index in [9.17, 15) is 9.59 Å². The van der Waals surface area contributed by atoms with E-state index in [0.29, 0.717) is 13.2 Å². The van der Waals surface area contributed by atoms with Gasteiger partial charge in [0.1, 0.15) is 12.7 Å². The highest BCUT2D eigenvalue weighted by molar-refractivity contribution is 5.81. The van der Waals surface area contributed by atoms with E-state index in [4.69, 9.17) is 9.84 Å². The van der Waals surface area contributed by atoms with E-state index in [1.165, 1.54) is 0 Å². The second-order valence-corrected chi connectivity index (χ2v) is 2.33. The molecule has 0 spiro atoms. The van der Waals surface area contributed by atoms with Gasteiger partial charge in [0.2, 0.25) is 0 Å². The van der Waals surface area contributed by atoms with Crippen LogP contribution in [0.1, 0.15) is 0 Å². The topological polar surface area (TPSA) is 76.1 Å². The number of carboxylic acid groups (broad SMARTS) is 1. The van der Waals surface area contributed by atoms with Gasteiger partial charge in [-0.2, -0.15) is 0 Å². The number of carboxylic acids is 1. The second-order valence-electron chi connectivity index (χ2n) is 2.33. The SMILES string of the molecule is C=C.C=CC(=O)O.C=CC(=O)OCC1CO1. The summed E-state index contributed by atoms with van der Waals surface area (Å²) in [5, 5.41) is 7.60. The van der Waals surface area contributed by atoms with Gasteiger partial charge in [-0.05, 0) is 0 Å². The maximum Gasteiger partial charge on any atom is 0.330 e. The molecule has 0 radical (unpaired) electrons. The highest BCUT2D eigenvalue weighted by Crippen LogP contribution is 2.08. The summed E-state index contributed by atoms with van der Waals surface area (Å²) in [5.41, 5.74) is 0. The van der Waals surface area contributed by atoms with Crippen molar-refractivity contribution >= 4 is 11.9 Å². The summed E-state index contributed by atoms with van der Waals surface area (Å²) in [6.07, 6.45) is 2.12. The van der Waals surface area contributed by atoms with Crippen molar-refractivity contribution in [1.29, 1.82) is 0 Å². The molecule has 90 valence electrons. The van der Waals surface area contributed by atoms with Crippen LogP contribution in [0.15, 0.2) is 38.5 Å². The van der Waals surface area contributed by atoms with Crippen molar-refractivity contribution in [2.75, 3.05) is 13.2 Å². The first-order valence-corrected chi connectivity index (χ1v) is 4.36. The molecule has 1 aliphatic rings. The van der Waals surface area contributed by atoms with Gasteiger partial charge < -0.3 is 14.6 Å². The number of epoxide rings is 1. The Kier molecular flexibility index (Phi) is 11.6. The van der Waals surface area contributed by atoms with E-state index in [-0.39, 0.29) is 12.1 Å². The number of ether oxygens (including phenoxy) is 2. The van der Waals surface area contributed by atoms with Crippen molar-refractivity contribution in [2.45, 2.75) is 6.10 Å². The van der Waals surface area contributed by atoms with E-state index in [0.717, 1.165) is 12.2 Å². The molecule has 0 aromatic rings. The first kappa shape index (κ1) is 16.5. The summed E-state index contributed by atoms with van der Waals surface area (Å²) in [6, 6.07) is 0. The molecule has 1 saturated heterocycles. The van der Waals surface area contributed by atoms with Crippen LogP contribution >= 0.6 is 0 Å². The molecule has 1 N–H and O–H groups in total. The minimum atomic E-state index is -0.981. The summed E-state index contributed by atoms with van der Waals surface area (Å²) < 4.78 is 9.42. The standard InChI is InChI=1S/C6H8O3.C3H4O2.C2H4/c1-2-6(7)9-4-5-3-8-5;1-2-3(4)5;1-2/h2,5H,1,3-4H2;2H,1H2,(H,4,5);1-2H2. The van der Waals surface area contributed by atoms with E-state index in [1.54, 1.807) is 0 Å². The van der Waals surface area contributed by atoms with Crippen LogP contribution in [-0.2, 0) is 19.1 Å². The summed E-state index contributed by atoms with van der Waals surface area (Å²) >= 11 is 0. The Morgan fingerprint density at radius 1 is 1.38 bits per heavy atom. The van der Waals surface area contributed by atoms with Crippen molar-refractivity contribution in [3.63, 3.8) is 0 Å². The number of hydrogen-bond donors (Lipinski definition) is 1. The van der Waals surface area contributed by atoms with Gasteiger partial charge in [-0.25, -0.2) is 9.59 Å². The lowest BCUT2D eigenvalue weighted by Crippen LogP contribution is -2.06. The third kappa shape index (κ3) is 14.6. The Bertz CT molecular complexity index is 243. The van der Waals surface area contributed by atoms with Crippen molar-refractivity contribution in [3.05, 3.63) is 38.5 Å². The molecular weight excluding hydrogens is 212 g/mol. The molecule has 0 bridgehead atoms. The minimum Gasteiger partial charge on any atom is -0.478 e. The van der Waals surface area contributed by atoms with Crippen LogP contribution in [0.3, 0.4) is 0 Å². The summed E-state index contributed by atoms with van der Waals surface area (Å²) in [6.45, 7) is 13.3. The molecule has 0 aliphatic carbocycles. The van der Waals surface area contributed by atoms with E-state index >= 15 is 0 Å². The summed E-state index contributed by atoms with van der Waals surface area (Å²) in [7, 11) is 0. The Balaban J connectivity index is 0. The highest BCUT2D eigenvalue weighted by atomic mass is 16.6. The molecule has 1 unspecified atom stereocenters. The van der Waals surface area contributed by atoms with Crippen LogP contribution in [0.25, 0.3) is 0 Å². The first-order valence-electron chi connectivity index (χ1n) is 4.36. The van der Waals surface area contributed by atoms with E-state index < -0.39 is 5.97 Å². The summed E-state index contributed by atoms with van der Waals surface area (Å²) in [4.78, 5) is 19.6.